The second-order valence-electron chi connectivity index (χ2n) is 5.77. The second-order valence-corrected chi connectivity index (χ2v) is 5.77. The third kappa shape index (κ3) is 5.26. The van der Waals surface area contributed by atoms with Crippen LogP contribution < -0.4 is 14.2 Å². The van der Waals surface area contributed by atoms with Gasteiger partial charge in [0.1, 0.15) is 29.5 Å². The molecule has 0 unspecified atom stereocenters. The molecule has 0 radical (unpaired) electrons. The average molecular weight is 383 g/mol. The van der Waals surface area contributed by atoms with Crippen LogP contribution in [0.3, 0.4) is 0 Å². The number of esters is 1. The summed E-state index contributed by atoms with van der Waals surface area (Å²) in [6, 6.07) is 16.1. The van der Waals surface area contributed by atoms with E-state index in [1.165, 1.54) is 0 Å². The third-order valence-corrected chi connectivity index (χ3v) is 3.79. The van der Waals surface area contributed by atoms with Crippen LogP contribution in [0.4, 0.5) is 0 Å². The smallest absolute Gasteiger partial charge is 0.344 e. The van der Waals surface area contributed by atoms with Gasteiger partial charge in [-0.15, -0.1) is 0 Å². The molecule has 0 saturated heterocycles. The van der Waals surface area contributed by atoms with E-state index in [4.69, 9.17) is 23.5 Å². The second kappa shape index (κ2) is 9.45. The van der Waals surface area contributed by atoms with Crippen molar-refractivity contribution >= 4 is 5.97 Å². The van der Waals surface area contributed by atoms with Crippen LogP contribution >= 0.6 is 0 Å². The Kier molecular flexibility index (Phi) is 6.51. The summed E-state index contributed by atoms with van der Waals surface area (Å²) in [7, 11) is 1.60. The first-order chi connectivity index (χ1) is 13.7. The molecule has 0 aliphatic heterocycles. The highest BCUT2D eigenvalue weighted by molar-refractivity contribution is 5.71. The predicted octanol–water partition coefficient (Wildman–Crippen LogP) is 3.87. The standard InChI is InChI=1S/C21H21NO6/c1-3-25-17-7-9-18(10-8-17)26-14-21(23)27-13-16-12-20(28-22-16)15-5-4-6-19(11-15)24-2/h4-12H,3,13-14H2,1-2H3. The Bertz CT molecular complexity index is 903. The van der Waals surface area contributed by atoms with Gasteiger partial charge in [-0.25, -0.2) is 4.79 Å². The molecule has 0 aliphatic rings. The first kappa shape index (κ1) is 19.3. The SMILES string of the molecule is CCOc1ccc(OCC(=O)OCc2cc(-c3cccc(OC)c3)on2)cc1. The summed E-state index contributed by atoms with van der Waals surface area (Å²) < 4.78 is 26.4. The average Bonchev–Trinajstić information content (AvgIpc) is 3.21. The maximum absolute atomic E-state index is 11.9. The van der Waals surface area contributed by atoms with E-state index in [9.17, 15) is 4.79 Å². The van der Waals surface area contributed by atoms with Crippen LogP contribution in [-0.2, 0) is 16.1 Å². The molecular weight excluding hydrogens is 362 g/mol. The summed E-state index contributed by atoms with van der Waals surface area (Å²) in [5, 5.41) is 3.92. The molecule has 7 heteroatoms. The van der Waals surface area contributed by atoms with Gasteiger partial charge in [0.05, 0.1) is 13.7 Å². The molecule has 0 N–H and O–H groups in total. The summed E-state index contributed by atoms with van der Waals surface area (Å²) in [4.78, 5) is 11.9. The third-order valence-electron chi connectivity index (χ3n) is 3.79. The van der Waals surface area contributed by atoms with Crippen molar-refractivity contribution in [3.63, 3.8) is 0 Å². The molecule has 3 rings (SSSR count). The molecule has 1 aromatic heterocycles. The molecule has 28 heavy (non-hydrogen) atoms. The number of carbonyl (C=O) groups excluding carboxylic acids is 1. The zero-order valence-electron chi connectivity index (χ0n) is 15.7. The van der Waals surface area contributed by atoms with E-state index in [0.29, 0.717) is 29.6 Å². The molecule has 0 spiro atoms. The van der Waals surface area contributed by atoms with Gasteiger partial charge in [-0.1, -0.05) is 17.3 Å². The summed E-state index contributed by atoms with van der Waals surface area (Å²) in [5.41, 5.74) is 1.33. The molecular formula is C21H21NO6. The summed E-state index contributed by atoms with van der Waals surface area (Å²) in [6.07, 6.45) is 0. The van der Waals surface area contributed by atoms with Crippen LogP contribution in [0.2, 0.25) is 0 Å². The number of hydrogen-bond donors (Lipinski definition) is 0. The topological polar surface area (TPSA) is 80.0 Å². The minimum atomic E-state index is -0.500. The number of benzene rings is 2. The minimum Gasteiger partial charge on any atom is -0.497 e. The Hall–Kier alpha value is -3.48. The van der Waals surface area contributed by atoms with E-state index in [1.807, 2.05) is 31.2 Å². The molecule has 7 nitrogen and oxygen atoms in total. The van der Waals surface area contributed by atoms with Crippen molar-refractivity contribution in [2.24, 2.45) is 0 Å². The van der Waals surface area contributed by atoms with Crippen LogP contribution in [0.1, 0.15) is 12.6 Å². The van der Waals surface area contributed by atoms with Crippen LogP contribution in [-0.4, -0.2) is 31.4 Å². The number of methoxy groups -OCH3 is 1. The van der Waals surface area contributed by atoms with Gasteiger partial charge in [-0.05, 0) is 43.3 Å². The van der Waals surface area contributed by atoms with Crippen LogP contribution in [0.25, 0.3) is 11.3 Å². The van der Waals surface area contributed by atoms with Gasteiger partial charge >= 0.3 is 5.97 Å². The number of ether oxygens (including phenoxy) is 4. The normalized spacial score (nSPS) is 10.4. The number of nitrogens with zero attached hydrogens (tertiary/aromatic N) is 1. The highest BCUT2D eigenvalue weighted by Crippen LogP contribution is 2.24. The predicted molar refractivity (Wildman–Crippen MR) is 101 cm³/mol. The van der Waals surface area contributed by atoms with Gasteiger partial charge in [0, 0.05) is 11.6 Å². The van der Waals surface area contributed by atoms with E-state index < -0.39 is 5.97 Å². The monoisotopic (exact) mass is 383 g/mol. The molecule has 0 amide bonds. The summed E-state index contributed by atoms with van der Waals surface area (Å²) in [5.74, 6) is 2.08. The molecule has 0 bridgehead atoms. The summed E-state index contributed by atoms with van der Waals surface area (Å²) >= 11 is 0. The van der Waals surface area contributed by atoms with E-state index in [0.717, 1.165) is 11.3 Å². The first-order valence-electron chi connectivity index (χ1n) is 8.79. The van der Waals surface area contributed by atoms with Gasteiger partial charge in [0.2, 0.25) is 0 Å². The van der Waals surface area contributed by atoms with Crippen molar-refractivity contribution < 1.29 is 28.3 Å². The lowest BCUT2D eigenvalue weighted by atomic mass is 10.1. The van der Waals surface area contributed by atoms with Gasteiger partial charge < -0.3 is 23.5 Å². The molecule has 3 aromatic rings. The number of rotatable bonds is 9. The fraction of sp³-hybridized carbons (Fsp3) is 0.238. The Labute approximate surface area is 162 Å². The Balaban J connectivity index is 1.47. The quantitative estimate of drug-likeness (QED) is 0.519. The first-order valence-corrected chi connectivity index (χ1v) is 8.79. The fourth-order valence-electron chi connectivity index (χ4n) is 2.43. The fourth-order valence-corrected chi connectivity index (χ4v) is 2.43. The van der Waals surface area contributed by atoms with Crippen molar-refractivity contribution in [3.8, 4) is 28.6 Å². The molecule has 0 fully saturated rings. The van der Waals surface area contributed by atoms with E-state index in [2.05, 4.69) is 5.16 Å². The maximum atomic E-state index is 11.9. The van der Waals surface area contributed by atoms with Crippen molar-refractivity contribution in [2.45, 2.75) is 13.5 Å². The van der Waals surface area contributed by atoms with Crippen molar-refractivity contribution in [1.29, 1.82) is 0 Å². The van der Waals surface area contributed by atoms with Gasteiger partial charge in [-0.3, -0.25) is 0 Å². The van der Waals surface area contributed by atoms with E-state index in [-0.39, 0.29) is 13.2 Å². The lowest BCUT2D eigenvalue weighted by Crippen LogP contribution is -2.14. The van der Waals surface area contributed by atoms with Gasteiger partial charge in [-0.2, -0.15) is 0 Å². The molecule has 2 aromatic carbocycles. The zero-order chi connectivity index (χ0) is 19.8. The number of carbonyl (C=O) groups is 1. The van der Waals surface area contributed by atoms with Crippen LogP contribution in [0.5, 0.6) is 17.2 Å². The number of hydrogen-bond acceptors (Lipinski definition) is 7. The van der Waals surface area contributed by atoms with E-state index in [1.54, 1.807) is 37.4 Å². The largest absolute Gasteiger partial charge is 0.497 e. The molecule has 146 valence electrons. The molecule has 0 saturated carbocycles. The Morgan fingerprint density at radius 3 is 2.46 bits per heavy atom. The Morgan fingerprint density at radius 2 is 1.75 bits per heavy atom. The van der Waals surface area contributed by atoms with Crippen LogP contribution in [0.15, 0.2) is 59.1 Å². The minimum absolute atomic E-state index is 0.00105. The van der Waals surface area contributed by atoms with Crippen molar-refractivity contribution in [3.05, 3.63) is 60.3 Å². The van der Waals surface area contributed by atoms with Crippen LogP contribution in [0, 0.1) is 0 Å². The lowest BCUT2D eigenvalue weighted by Gasteiger charge is -2.07. The van der Waals surface area contributed by atoms with E-state index >= 15 is 0 Å². The molecule has 0 aliphatic carbocycles. The number of aromatic nitrogens is 1. The lowest BCUT2D eigenvalue weighted by molar-refractivity contribution is -0.147. The molecule has 0 atom stereocenters. The van der Waals surface area contributed by atoms with Crippen molar-refractivity contribution in [1.82, 2.24) is 5.16 Å². The zero-order valence-corrected chi connectivity index (χ0v) is 15.7. The Morgan fingerprint density at radius 1 is 1.00 bits per heavy atom. The van der Waals surface area contributed by atoms with Gasteiger partial charge in [0.15, 0.2) is 12.4 Å². The van der Waals surface area contributed by atoms with Gasteiger partial charge in [0.25, 0.3) is 0 Å². The summed E-state index contributed by atoms with van der Waals surface area (Å²) in [6.45, 7) is 2.30. The highest BCUT2D eigenvalue weighted by Gasteiger charge is 2.11. The molecule has 1 heterocycles. The highest BCUT2D eigenvalue weighted by atomic mass is 16.6. The van der Waals surface area contributed by atoms with Crippen molar-refractivity contribution in [2.75, 3.05) is 20.3 Å². The maximum Gasteiger partial charge on any atom is 0.344 e.